The van der Waals surface area contributed by atoms with Gasteiger partial charge in [0.15, 0.2) is 0 Å². The minimum Gasteiger partial charge on any atom is -0.492 e. The average Bonchev–Trinajstić information content (AvgIpc) is 2.41. The Hall–Kier alpha value is -1.55. The Balaban J connectivity index is 1.77. The second-order valence-corrected chi connectivity index (χ2v) is 5.06. The number of likely N-dealkylation sites (tertiary alicyclic amines) is 1. The molecular formula is C15H21NO3. The number of benzene rings is 1. The largest absolute Gasteiger partial charge is 0.492 e. The summed E-state index contributed by atoms with van der Waals surface area (Å²) in [5.41, 5.74) is 0.289. The lowest BCUT2D eigenvalue weighted by Crippen LogP contribution is -2.39. The average molecular weight is 263 g/mol. The van der Waals surface area contributed by atoms with Crippen LogP contribution in [-0.2, 0) is 0 Å². The summed E-state index contributed by atoms with van der Waals surface area (Å²) >= 11 is 0. The molecule has 1 aliphatic heterocycles. The molecule has 0 aliphatic carbocycles. The first-order valence-corrected chi connectivity index (χ1v) is 6.87. The van der Waals surface area contributed by atoms with Crippen LogP contribution in [0.5, 0.6) is 5.75 Å². The molecule has 1 aliphatic rings. The van der Waals surface area contributed by atoms with Crippen molar-refractivity contribution in [2.45, 2.75) is 32.2 Å². The molecule has 104 valence electrons. The zero-order valence-electron chi connectivity index (χ0n) is 11.3. The lowest BCUT2D eigenvalue weighted by molar-refractivity contribution is 0.0697. The molecule has 1 fully saturated rings. The van der Waals surface area contributed by atoms with E-state index in [1.54, 1.807) is 24.3 Å². The topological polar surface area (TPSA) is 49.8 Å². The molecule has 0 saturated carbocycles. The van der Waals surface area contributed by atoms with E-state index < -0.39 is 5.97 Å². The van der Waals surface area contributed by atoms with Gasteiger partial charge in [0.05, 0.1) is 5.56 Å². The van der Waals surface area contributed by atoms with E-state index in [0.29, 0.717) is 12.6 Å². The van der Waals surface area contributed by atoms with Crippen LogP contribution in [-0.4, -0.2) is 41.7 Å². The molecule has 1 heterocycles. The second kappa shape index (κ2) is 6.57. The van der Waals surface area contributed by atoms with Crippen molar-refractivity contribution in [1.82, 2.24) is 4.90 Å². The number of piperidine rings is 1. The number of carboxylic acids is 1. The molecule has 0 radical (unpaired) electrons. The number of carbonyl (C=O) groups is 1. The van der Waals surface area contributed by atoms with Crippen molar-refractivity contribution >= 4 is 5.97 Å². The maximum absolute atomic E-state index is 10.7. The zero-order valence-corrected chi connectivity index (χ0v) is 11.3. The van der Waals surface area contributed by atoms with Crippen molar-refractivity contribution in [2.75, 3.05) is 19.7 Å². The number of ether oxygens (including phenoxy) is 1. The van der Waals surface area contributed by atoms with Crippen molar-refractivity contribution in [3.63, 3.8) is 0 Å². The molecule has 0 aromatic heterocycles. The molecule has 1 N–H and O–H groups in total. The SMILES string of the molecule is CC1CCCCN1CCOc1ccc(C(=O)O)cc1. The summed E-state index contributed by atoms with van der Waals surface area (Å²) in [6.07, 6.45) is 3.88. The fraction of sp³-hybridized carbons (Fsp3) is 0.533. The van der Waals surface area contributed by atoms with Crippen LogP contribution in [0.25, 0.3) is 0 Å². The molecule has 0 amide bonds. The van der Waals surface area contributed by atoms with E-state index in [4.69, 9.17) is 9.84 Å². The third-order valence-electron chi connectivity index (χ3n) is 3.69. The molecule has 1 aromatic carbocycles. The van der Waals surface area contributed by atoms with Crippen LogP contribution < -0.4 is 4.74 Å². The lowest BCUT2D eigenvalue weighted by atomic mass is 10.0. The third-order valence-corrected chi connectivity index (χ3v) is 3.69. The highest BCUT2D eigenvalue weighted by Gasteiger charge is 2.17. The standard InChI is InChI=1S/C15H21NO3/c1-12-4-2-3-9-16(12)10-11-19-14-7-5-13(6-8-14)15(17)18/h5-8,12H,2-4,9-11H2,1H3,(H,17,18). The van der Waals surface area contributed by atoms with Gasteiger partial charge in [-0.15, -0.1) is 0 Å². The van der Waals surface area contributed by atoms with Gasteiger partial charge < -0.3 is 9.84 Å². The van der Waals surface area contributed by atoms with Gasteiger partial charge in [-0.1, -0.05) is 6.42 Å². The number of hydrogen-bond donors (Lipinski definition) is 1. The first kappa shape index (κ1) is 13.9. The Morgan fingerprint density at radius 3 is 2.74 bits per heavy atom. The van der Waals surface area contributed by atoms with Crippen LogP contribution >= 0.6 is 0 Å². The van der Waals surface area contributed by atoms with Gasteiger partial charge in [-0.05, 0) is 50.6 Å². The van der Waals surface area contributed by atoms with Crippen molar-refractivity contribution in [3.8, 4) is 5.75 Å². The first-order chi connectivity index (χ1) is 9.16. The molecule has 0 bridgehead atoms. The Morgan fingerprint density at radius 1 is 1.37 bits per heavy atom. The fourth-order valence-electron chi connectivity index (χ4n) is 2.46. The summed E-state index contributed by atoms with van der Waals surface area (Å²) in [5.74, 6) is -0.177. The maximum atomic E-state index is 10.7. The van der Waals surface area contributed by atoms with Crippen molar-refractivity contribution in [1.29, 1.82) is 0 Å². The molecule has 19 heavy (non-hydrogen) atoms. The summed E-state index contributed by atoms with van der Waals surface area (Å²) in [6, 6.07) is 7.21. The zero-order chi connectivity index (χ0) is 13.7. The van der Waals surface area contributed by atoms with E-state index in [1.165, 1.54) is 19.3 Å². The van der Waals surface area contributed by atoms with Crippen LogP contribution in [0.15, 0.2) is 24.3 Å². The molecule has 4 nitrogen and oxygen atoms in total. The molecule has 0 spiro atoms. The number of nitrogens with zero attached hydrogens (tertiary/aromatic N) is 1. The summed E-state index contributed by atoms with van der Waals surface area (Å²) < 4.78 is 5.66. The Kier molecular flexibility index (Phi) is 4.80. The van der Waals surface area contributed by atoms with E-state index in [2.05, 4.69) is 11.8 Å². The second-order valence-electron chi connectivity index (χ2n) is 5.06. The predicted octanol–water partition coefficient (Wildman–Crippen LogP) is 2.64. The highest BCUT2D eigenvalue weighted by atomic mass is 16.5. The molecule has 1 atom stereocenters. The van der Waals surface area contributed by atoms with Crippen LogP contribution in [0.4, 0.5) is 0 Å². The minimum absolute atomic E-state index is 0.289. The van der Waals surface area contributed by atoms with Gasteiger partial charge in [-0.2, -0.15) is 0 Å². The number of hydrogen-bond acceptors (Lipinski definition) is 3. The summed E-state index contributed by atoms with van der Waals surface area (Å²) in [7, 11) is 0. The molecule has 2 rings (SSSR count). The Morgan fingerprint density at radius 2 is 2.11 bits per heavy atom. The summed E-state index contributed by atoms with van der Waals surface area (Å²) in [6.45, 7) is 5.00. The Bertz CT molecular complexity index is 416. The van der Waals surface area contributed by atoms with Crippen molar-refractivity contribution in [2.24, 2.45) is 0 Å². The number of aromatic carboxylic acids is 1. The van der Waals surface area contributed by atoms with Gasteiger partial charge in [-0.3, -0.25) is 4.90 Å². The van der Waals surface area contributed by atoms with E-state index in [1.807, 2.05) is 0 Å². The first-order valence-electron chi connectivity index (χ1n) is 6.87. The van der Waals surface area contributed by atoms with Gasteiger partial charge >= 0.3 is 5.97 Å². The maximum Gasteiger partial charge on any atom is 0.335 e. The molecular weight excluding hydrogens is 242 g/mol. The molecule has 1 saturated heterocycles. The highest BCUT2D eigenvalue weighted by Crippen LogP contribution is 2.16. The van der Waals surface area contributed by atoms with E-state index in [0.717, 1.165) is 18.8 Å². The van der Waals surface area contributed by atoms with Crippen LogP contribution in [0.1, 0.15) is 36.5 Å². The Labute approximate surface area is 114 Å². The van der Waals surface area contributed by atoms with E-state index in [9.17, 15) is 4.79 Å². The minimum atomic E-state index is -0.909. The van der Waals surface area contributed by atoms with Gasteiger partial charge in [0.25, 0.3) is 0 Å². The number of carboxylic acid groups (broad SMARTS) is 1. The smallest absolute Gasteiger partial charge is 0.335 e. The van der Waals surface area contributed by atoms with E-state index >= 15 is 0 Å². The predicted molar refractivity (Wildman–Crippen MR) is 73.8 cm³/mol. The van der Waals surface area contributed by atoms with Crippen LogP contribution in [0.3, 0.4) is 0 Å². The number of rotatable bonds is 5. The van der Waals surface area contributed by atoms with Gasteiger partial charge in [0, 0.05) is 12.6 Å². The third kappa shape index (κ3) is 3.96. The fourth-order valence-corrected chi connectivity index (χ4v) is 2.46. The van der Waals surface area contributed by atoms with Crippen LogP contribution in [0.2, 0.25) is 0 Å². The quantitative estimate of drug-likeness (QED) is 0.887. The monoisotopic (exact) mass is 263 g/mol. The summed E-state index contributed by atoms with van der Waals surface area (Å²) in [4.78, 5) is 13.2. The normalized spacial score (nSPS) is 20.2. The molecule has 1 unspecified atom stereocenters. The lowest BCUT2D eigenvalue weighted by Gasteiger charge is -2.33. The van der Waals surface area contributed by atoms with Gasteiger partial charge in [0.2, 0.25) is 0 Å². The molecule has 1 aromatic rings. The van der Waals surface area contributed by atoms with Crippen LogP contribution in [0, 0.1) is 0 Å². The van der Waals surface area contributed by atoms with Crippen molar-refractivity contribution in [3.05, 3.63) is 29.8 Å². The summed E-state index contributed by atoms with van der Waals surface area (Å²) in [5, 5.41) is 8.80. The van der Waals surface area contributed by atoms with Crippen molar-refractivity contribution < 1.29 is 14.6 Å². The van der Waals surface area contributed by atoms with Gasteiger partial charge in [-0.25, -0.2) is 4.79 Å². The van der Waals surface area contributed by atoms with Gasteiger partial charge in [0.1, 0.15) is 12.4 Å². The molecule has 4 heteroatoms. The van der Waals surface area contributed by atoms with E-state index in [-0.39, 0.29) is 5.56 Å². The highest BCUT2D eigenvalue weighted by molar-refractivity contribution is 5.87.